The molecule has 0 fully saturated rings. The summed E-state index contributed by atoms with van der Waals surface area (Å²) in [4.78, 5) is 13.9. The van der Waals surface area contributed by atoms with Crippen molar-refractivity contribution in [2.75, 3.05) is 27.2 Å². The molecule has 0 N–H and O–H groups in total. The predicted molar refractivity (Wildman–Crippen MR) is 74.9 cm³/mol. The minimum atomic E-state index is 0. The van der Waals surface area contributed by atoms with Crippen molar-refractivity contribution in [1.29, 1.82) is 0 Å². The second-order valence-corrected chi connectivity index (χ2v) is 4.94. The number of hydrogen-bond donors (Lipinski definition) is 0. The van der Waals surface area contributed by atoms with Crippen molar-refractivity contribution in [2.24, 2.45) is 5.92 Å². The van der Waals surface area contributed by atoms with Crippen molar-refractivity contribution < 1.29 is 9.53 Å². The number of benzene rings is 1. The minimum absolute atomic E-state index is 0. The normalized spacial score (nSPS) is 17.6. The van der Waals surface area contributed by atoms with Crippen LogP contribution in [0.25, 0.3) is 0 Å². The van der Waals surface area contributed by atoms with Crippen LogP contribution in [-0.2, 0) is 6.42 Å². The standard InChI is InChI=1S/C14H19NO2.ClH/c1-10-8-11-4-5-12(9-13(11)14(10)16)17-7-6-15(2)3;/h4-5,9-10H,6-8H2,1-3H3;1H. The lowest BCUT2D eigenvalue weighted by Gasteiger charge is -2.11. The Labute approximate surface area is 115 Å². The maximum Gasteiger partial charge on any atom is 0.166 e. The van der Waals surface area contributed by atoms with Crippen LogP contribution in [0.1, 0.15) is 22.8 Å². The fraction of sp³-hybridized carbons (Fsp3) is 0.500. The molecule has 0 saturated carbocycles. The molecule has 4 heteroatoms. The highest BCUT2D eigenvalue weighted by Crippen LogP contribution is 2.29. The monoisotopic (exact) mass is 269 g/mol. The Bertz CT molecular complexity index is 432. The SMILES string of the molecule is CC1Cc2ccc(OCCN(C)C)cc2C1=O.Cl. The molecule has 100 valence electrons. The smallest absolute Gasteiger partial charge is 0.166 e. The molecule has 0 radical (unpaired) electrons. The molecule has 1 unspecified atom stereocenters. The first-order valence-electron chi connectivity index (χ1n) is 6.02. The lowest BCUT2D eigenvalue weighted by Crippen LogP contribution is -2.19. The topological polar surface area (TPSA) is 29.5 Å². The van der Waals surface area contributed by atoms with Gasteiger partial charge in [0.05, 0.1) is 0 Å². The van der Waals surface area contributed by atoms with Gasteiger partial charge >= 0.3 is 0 Å². The molecule has 0 aromatic heterocycles. The van der Waals surface area contributed by atoms with Crippen LogP contribution in [0.4, 0.5) is 0 Å². The highest BCUT2D eigenvalue weighted by Gasteiger charge is 2.26. The number of rotatable bonds is 4. The number of hydrogen-bond acceptors (Lipinski definition) is 3. The molecule has 0 bridgehead atoms. The van der Waals surface area contributed by atoms with Crippen molar-refractivity contribution >= 4 is 18.2 Å². The van der Waals surface area contributed by atoms with Gasteiger partial charge in [-0.15, -0.1) is 12.4 Å². The van der Waals surface area contributed by atoms with Crippen molar-refractivity contribution in [1.82, 2.24) is 4.90 Å². The number of fused-ring (bicyclic) bond motifs is 1. The van der Waals surface area contributed by atoms with Gasteiger partial charge in [-0.3, -0.25) is 4.79 Å². The Hall–Kier alpha value is -1.06. The largest absolute Gasteiger partial charge is 0.492 e. The summed E-state index contributed by atoms with van der Waals surface area (Å²) in [6.07, 6.45) is 0.867. The number of likely N-dealkylation sites (N-methyl/N-ethyl adjacent to an activating group) is 1. The third kappa shape index (κ3) is 3.24. The Morgan fingerprint density at radius 3 is 2.78 bits per heavy atom. The van der Waals surface area contributed by atoms with Gasteiger partial charge in [-0.1, -0.05) is 13.0 Å². The van der Waals surface area contributed by atoms with Crippen molar-refractivity contribution in [2.45, 2.75) is 13.3 Å². The molecular weight excluding hydrogens is 250 g/mol. The van der Waals surface area contributed by atoms with Crippen LogP contribution >= 0.6 is 12.4 Å². The molecule has 18 heavy (non-hydrogen) atoms. The predicted octanol–water partition coefficient (Wildman–Crippen LogP) is 2.42. The van der Waals surface area contributed by atoms with Crippen LogP contribution in [0.3, 0.4) is 0 Å². The molecular formula is C14H20ClNO2. The number of ether oxygens (including phenoxy) is 1. The summed E-state index contributed by atoms with van der Waals surface area (Å²) in [5, 5.41) is 0. The molecule has 0 spiro atoms. The summed E-state index contributed by atoms with van der Waals surface area (Å²) >= 11 is 0. The maximum atomic E-state index is 11.9. The van der Waals surface area contributed by atoms with Crippen LogP contribution in [0.2, 0.25) is 0 Å². The quantitative estimate of drug-likeness (QED) is 0.841. The van der Waals surface area contributed by atoms with E-state index in [-0.39, 0.29) is 24.1 Å². The Balaban J connectivity index is 0.00000162. The van der Waals surface area contributed by atoms with Crippen LogP contribution in [0, 0.1) is 5.92 Å². The van der Waals surface area contributed by atoms with E-state index in [0.717, 1.165) is 29.8 Å². The molecule has 3 nitrogen and oxygen atoms in total. The van der Waals surface area contributed by atoms with Gasteiger partial charge in [-0.25, -0.2) is 0 Å². The molecule has 0 aliphatic heterocycles. The summed E-state index contributed by atoms with van der Waals surface area (Å²) in [5.74, 6) is 1.17. The maximum absolute atomic E-state index is 11.9. The summed E-state index contributed by atoms with van der Waals surface area (Å²) in [6.45, 7) is 3.51. The molecule has 1 aliphatic carbocycles. The molecule has 1 aromatic rings. The first-order valence-corrected chi connectivity index (χ1v) is 6.02. The first-order chi connectivity index (χ1) is 8.08. The summed E-state index contributed by atoms with van der Waals surface area (Å²) in [7, 11) is 4.02. The molecule has 1 aliphatic rings. The summed E-state index contributed by atoms with van der Waals surface area (Å²) in [6, 6.07) is 5.86. The lowest BCUT2D eigenvalue weighted by molar-refractivity contribution is 0.0946. The van der Waals surface area contributed by atoms with Gasteiger partial charge in [0.25, 0.3) is 0 Å². The Morgan fingerprint density at radius 2 is 2.11 bits per heavy atom. The minimum Gasteiger partial charge on any atom is -0.492 e. The summed E-state index contributed by atoms with van der Waals surface area (Å²) < 4.78 is 5.63. The zero-order valence-corrected chi connectivity index (χ0v) is 11.9. The molecule has 2 rings (SSSR count). The van der Waals surface area contributed by atoms with E-state index in [4.69, 9.17) is 4.74 Å². The Kier molecular flexibility index (Phi) is 5.17. The fourth-order valence-corrected chi connectivity index (χ4v) is 2.09. The fourth-order valence-electron chi connectivity index (χ4n) is 2.09. The third-order valence-corrected chi connectivity index (χ3v) is 3.13. The van der Waals surface area contributed by atoms with Crippen molar-refractivity contribution in [3.05, 3.63) is 29.3 Å². The van der Waals surface area contributed by atoms with Crippen LogP contribution < -0.4 is 4.74 Å². The molecule has 0 heterocycles. The average Bonchev–Trinajstić information content (AvgIpc) is 2.55. The highest BCUT2D eigenvalue weighted by atomic mass is 35.5. The van der Waals surface area contributed by atoms with E-state index in [9.17, 15) is 4.79 Å². The van der Waals surface area contributed by atoms with Crippen LogP contribution in [0.15, 0.2) is 18.2 Å². The summed E-state index contributed by atoms with van der Waals surface area (Å²) in [5.41, 5.74) is 2.00. The second-order valence-electron chi connectivity index (χ2n) is 4.94. The van der Waals surface area contributed by atoms with Crippen molar-refractivity contribution in [3.63, 3.8) is 0 Å². The average molecular weight is 270 g/mol. The lowest BCUT2D eigenvalue weighted by atomic mass is 10.1. The second kappa shape index (κ2) is 6.21. The van der Waals surface area contributed by atoms with Crippen molar-refractivity contribution in [3.8, 4) is 5.75 Å². The van der Waals surface area contributed by atoms with E-state index in [0.29, 0.717) is 6.61 Å². The molecule has 1 aromatic carbocycles. The zero-order valence-electron chi connectivity index (χ0n) is 11.1. The van der Waals surface area contributed by atoms with Crippen LogP contribution in [0.5, 0.6) is 5.75 Å². The van der Waals surface area contributed by atoms with Gasteiger partial charge in [0.2, 0.25) is 0 Å². The van der Waals surface area contributed by atoms with E-state index in [1.54, 1.807) is 0 Å². The van der Waals surface area contributed by atoms with E-state index in [2.05, 4.69) is 4.90 Å². The number of Topliss-reactive ketones (excluding diaryl/α,β-unsaturated/α-hetero) is 1. The van der Waals surface area contributed by atoms with Gasteiger partial charge in [0, 0.05) is 18.0 Å². The van der Waals surface area contributed by atoms with Crippen LogP contribution in [-0.4, -0.2) is 37.9 Å². The van der Waals surface area contributed by atoms with E-state index in [1.165, 1.54) is 0 Å². The van der Waals surface area contributed by atoms with Gasteiger partial charge in [0.15, 0.2) is 5.78 Å². The van der Waals surface area contributed by atoms with E-state index < -0.39 is 0 Å². The van der Waals surface area contributed by atoms with E-state index >= 15 is 0 Å². The molecule has 0 amide bonds. The molecule has 1 atom stereocenters. The third-order valence-electron chi connectivity index (χ3n) is 3.13. The Morgan fingerprint density at radius 1 is 1.39 bits per heavy atom. The van der Waals surface area contributed by atoms with E-state index in [1.807, 2.05) is 39.2 Å². The van der Waals surface area contributed by atoms with Gasteiger partial charge in [-0.2, -0.15) is 0 Å². The highest BCUT2D eigenvalue weighted by molar-refractivity contribution is 6.02. The van der Waals surface area contributed by atoms with Gasteiger partial charge in [-0.05, 0) is 38.2 Å². The molecule has 0 saturated heterocycles. The zero-order chi connectivity index (χ0) is 12.4. The number of ketones is 1. The van der Waals surface area contributed by atoms with Gasteiger partial charge in [0.1, 0.15) is 12.4 Å². The first kappa shape index (κ1) is 15.0. The number of halogens is 1. The number of carbonyl (C=O) groups excluding carboxylic acids is 1. The number of carbonyl (C=O) groups is 1. The number of nitrogens with zero attached hydrogens (tertiary/aromatic N) is 1. The van der Waals surface area contributed by atoms with Gasteiger partial charge < -0.3 is 9.64 Å².